The normalized spacial score (nSPS) is 17.1. The second kappa shape index (κ2) is 4.33. The van der Waals surface area contributed by atoms with Crippen molar-refractivity contribution in [3.05, 3.63) is 59.4 Å². The van der Waals surface area contributed by atoms with E-state index in [1.165, 1.54) is 11.6 Å². The lowest BCUT2D eigenvalue weighted by molar-refractivity contribution is 0.407. The standard InChI is InChI=1S/C15H14FNO/c1-18-15-7-6-10(16)8-12(15)13-9-17-14-5-3-2-4-11(13)14/h2-8,13,17H,9H2,1H3. The molecule has 0 bridgehead atoms. The topological polar surface area (TPSA) is 21.3 Å². The minimum absolute atomic E-state index is 0.145. The molecule has 3 rings (SSSR count). The molecule has 2 aromatic carbocycles. The predicted octanol–water partition coefficient (Wildman–Crippen LogP) is 3.39. The molecule has 1 unspecified atom stereocenters. The zero-order valence-corrected chi connectivity index (χ0v) is 10.1. The summed E-state index contributed by atoms with van der Waals surface area (Å²) in [6.07, 6.45) is 0. The van der Waals surface area contributed by atoms with Crippen molar-refractivity contribution in [2.45, 2.75) is 5.92 Å². The van der Waals surface area contributed by atoms with E-state index < -0.39 is 0 Å². The van der Waals surface area contributed by atoms with Crippen LogP contribution in [0.2, 0.25) is 0 Å². The van der Waals surface area contributed by atoms with Gasteiger partial charge >= 0.3 is 0 Å². The lowest BCUT2D eigenvalue weighted by Crippen LogP contribution is -2.06. The van der Waals surface area contributed by atoms with Crippen LogP contribution in [0, 0.1) is 5.82 Å². The number of hydrogen-bond acceptors (Lipinski definition) is 2. The lowest BCUT2D eigenvalue weighted by Gasteiger charge is -2.15. The molecule has 1 atom stereocenters. The summed E-state index contributed by atoms with van der Waals surface area (Å²) >= 11 is 0. The van der Waals surface area contributed by atoms with Gasteiger partial charge in [-0.1, -0.05) is 18.2 Å². The molecule has 0 saturated heterocycles. The van der Waals surface area contributed by atoms with Crippen LogP contribution in [0.15, 0.2) is 42.5 Å². The quantitative estimate of drug-likeness (QED) is 0.873. The maximum absolute atomic E-state index is 13.4. The van der Waals surface area contributed by atoms with Gasteiger partial charge in [0.05, 0.1) is 7.11 Å². The molecule has 1 aliphatic rings. The van der Waals surface area contributed by atoms with Gasteiger partial charge < -0.3 is 10.1 Å². The number of fused-ring (bicyclic) bond motifs is 1. The van der Waals surface area contributed by atoms with Crippen molar-refractivity contribution in [1.29, 1.82) is 0 Å². The second-order valence-corrected chi connectivity index (χ2v) is 4.41. The molecule has 2 aromatic rings. The van der Waals surface area contributed by atoms with E-state index in [4.69, 9.17) is 4.74 Å². The third kappa shape index (κ3) is 1.72. The van der Waals surface area contributed by atoms with Gasteiger partial charge in [0.2, 0.25) is 0 Å². The Kier molecular flexibility index (Phi) is 2.67. The molecule has 1 heterocycles. The van der Waals surface area contributed by atoms with E-state index in [2.05, 4.69) is 11.4 Å². The van der Waals surface area contributed by atoms with E-state index in [9.17, 15) is 4.39 Å². The third-order valence-electron chi connectivity index (χ3n) is 3.40. The lowest BCUT2D eigenvalue weighted by atomic mass is 9.92. The van der Waals surface area contributed by atoms with Crippen LogP contribution in [-0.4, -0.2) is 13.7 Å². The first-order chi connectivity index (χ1) is 8.79. The highest BCUT2D eigenvalue weighted by Gasteiger charge is 2.26. The summed E-state index contributed by atoms with van der Waals surface area (Å²) in [6.45, 7) is 0.777. The maximum Gasteiger partial charge on any atom is 0.123 e. The molecule has 3 heteroatoms. The van der Waals surface area contributed by atoms with Crippen LogP contribution in [0.25, 0.3) is 0 Å². The highest BCUT2D eigenvalue weighted by atomic mass is 19.1. The molecule has 18 heavy (non-hydrogen) atoms. The summed E-state index contributed by atoms with van der Waals surface area (Å²) < 4.78 is 18.8. The molecule has 0 radical (unpaired) electrons. The molecule has 0 aromatic heterocycles. The number of anilines is 1. The number of nitrogens with one attached hydrogen (secondary N) is 1. The first-order valence-corrected chi connectivity index (χ1v) is 5.96. The summed E-state index contributed by atoms with van der Waals surface area (Å²) in [5.74, 6) is 0.655. The van der Waals surface area contributed by atoms with Gasteiger partial charge in [0.1, 0.15) is 11.6 Å². The van der Waals surface area contributed by atoms with Gasteiger partial charge in [-0.2, -0.15) is 0 Å². The molecule has 0 spiro atoms. The Labute approximate surface area is 105 Å². The molecule has 1 aliphatic heterocycles. The molecule has 2 nitrogen and oxygen atoms in total. The van der Waals surface area contributed by atoms with E-state index in [1.807, 2.05) is 18.2 Å². The SMILES string of the molecule is COc1ccc(F)cc1C1CNc2ccccc21. The number of halogens is 1. The highest BCUT2D eigenvalue weighted by molar-refractivity contribution is 5.62. The van der Waals surface area contributed by atoms with Gasteiger partial charge in [-0.15, -0.1) is 0 Å². The molecular formula is C15H14FNO. The van der Waals surface area contributed by atoms with Gasteiger partial charge in [0.15, 0.2) is 0 Å². The molecule has 0 fully saturated rings. The van der Waals surface area contributed by atoms with Crippen LogP contribution in [0.4, 0.5) is 10.1 Å². The fourth-order valence-corrected chi connectivity index (χ4v) is 2.54. The van der Waals surface area contributed by atoms with Crippen LogP contribution in [0.3, 0.4) is 0 Å². The van der Waals surface area contributed by atoms with Crippen molar-refractivity contribution < 1.29 is 9.13 Å². The molecule has 0 amide bonds. The predicted molar refractivity (Wildman–Crippen MR) is 69.7 cm³/mol. The second-order valence-electron chi connectivity index (χ2n) is 4.41. The highest BCUT2D eigenvalue weighted by Crippen LogP contribution is 2.39. The van der Waals surface area contributed by atoms with Gasteiger partial charge in [0, 0.05) is 23.7 Å². The minimum atomic E-state index is -0.227. The Morgan fingerprint density at radius 2 is 2.00 bits per heavy atom. The smallest absolute Gasteiger partial charge is 0.123 e. The molecule has 1 N–H and O–H groups in total. The van der Waals surface area contributed by atoms with Crippen molar-refractivity contribution in [3.8, 4) is 5.75 Å². The Morgan fingerprint density at radius 3 is 2.83 bits per heavy atom. The van der Waals surface area contributed by atoms with Crippen molar-refractivity contribution in [2.75, 3.05) is 19.0 Å². The largest absolute Gasteiger partial charge is 0.496 e. The van der Waals surface area contributed by atoms with Crippen LogP contribution >= 0.6 is 0 Å². The number of methoxy groups -OCH3 is 1. The van der Waals surface area contributed by atoms with Crippen LogP contribution in [-0.2, 0) is 0 Å². The average Bonchev–Trinajstić information content (AvgIpc) is 2.82. The van der Waals surface area contributed by atoms with E-state index in [0.717, 1.165) is 23.5 Å². The van der Waals surface area contributed by atoms with Crippen molar-refractivity contribution in [1.82, 2.24) is 0 Å². The monoisotopic (exact) mass is 243 g/mol. The summed E-state index contributed by atoms with van der Waals surface area (Å²) in [5.41, 5.74) is 3.21. The first-order valence-electron chi connectivity index (χ1n) is 5.96. The Bertz CT molecular complexity index is 582. The van der Waals surface area contributed by atoms with Crippen LogP contribution in [0.5, 0.6) is 5.75 Å². The van der Waals surface area contributed by atoms with E-state index >= 15 is 0 Å². The summed E-state index contributed by atoms with van der Waals surface area (Å²) in [4.78, 5) is 0. The fourth-order valence-electron chi connectivity index (χ4n) is 2.54. The van der Waals surface area contributed by atoms with E-state index in [-0.39, 0.29) is 11.7 Å². The summed E-state index contributed by atoms with van der Waals surface area (Å²) in [7, 11) is 1.62. The zero-order valence-electron chi connectivity index (χ0n) is 10.1. The Morgan fingerprint density at radius 1 is 1.17 bits per heavy atom. The minimum Gasteiger partial charge on any atom is -0.496 e. The third-order valence-corrected chi connectivity index (χ3v) is 3.40. The van der Waals surface area contributed by atoms with Gasteiger partial charge in [-0.25, -0.2) is 4.39 Å². The number of hydrogen-bond donors (Lipinski definition) is 1. The Balaban J connectivity index is 2.09. The zero-order chi connectivity index (χ0) is 12.5. The van der Waals surface area contributed by atoms with Gasteiger partial charge in [-0.3, -0.25) is 0 Å². The van der Waals surface area contributed by atoms with E-state index in [0.29, 0.717) is 0 Å². The van der Waals surface area contributed by atoms with Crippen molar-refractivity contribution >= 4 is 5.69 Å². The number of rotatable bonds is 2. The van der Waals surface area contributed by atoms with Crippen molar-refractivity contribution in [3.63, 3.8) is 0 Å². The first kappa shape index (κ1) is 11.1. The number of benzene rings is 2. The van der Waals surface area contributed by atoms with Crippen molar-refractivity contribution in [2.24, 2.45) is 0 Å². The fraction of sp³-hybridized carbons (Fsp3) is 0.200. The number of ether oxygens (including phenoxy) is 1. The maximum atomic E-state index is 13.4. The summed E-state index contributed by atoms with van der Waals surface area (Å²) in [5, 5.41) is 3.34. The molecule has 0 aliphatic carbocycles. The van der Waals surface area contributed by atoms with Crippen LogP contribution < -0.4 is 10.1 Å². The molecular weight excluding hydrogens is 229 g/mol. The Hall–Kier alpha value is -2.03. The van der Waals surface area contributed by atoms with Gasteiger partial charge in [-0.05, 0) is 29.8 Å². The van der Waals surface area contributed by atoms with E-state index in [1.54, 1.807) is 19.2 Å². The van der Waals surface area contributed by atoms with Gasteiger partial charge in [0.25, 0.3) is 0 Å². The number of para-hydroxylation sites is 1. The van der Waals surface area contributed by atoms with Crippen LogP contribution in [0.1, 0.15) is 17.0 Å². The summed E-state index contributed by atoms with van der Waals surface area (Å²) in [6, 6.07) is 12.8. The molecule has 92 valence electrons. The molecule has 0 saturated carbocycles. The average molecular weight is 243 g/mol.